The maximum Gasteiger partial charge on any atom is 0.203 e. The first-order valence-corrected chi connectivity index (χ1v) is 7.65. The van der Waals surface area contributed by atoms with E-state index in [0.29, 0.717) is 11.8 Å². The molecule has 0 heterocycles. The average molecular weight is 293 g/mol. The highest BCUT2D eigenvalue weighted by atomic mass is 16.5. The van der Waals surface area contributed by atoms with Gasteiger partial charge in [0.05, 0.1) is 14.2 Å². The molecule has 0 spiro atoms. The molecule has 118 valence electrons. The smallest absolute Gasteiger partial charge is 0.203 e. The summed E-state index contributed by atoms with van der Waals surface area (Å²) in [4.78, 5) is 0. The van der Waals surface area contributed by atoms with Crippen molar-refractivity contribution in [2.24, 2.45) is 5.41 Å². The van der Waals surface area contributed by atoms with Crippen molar-refractivity contribution in [2.45, 2.75) is 45.8 Å². The minimum atomic E-state index is 0.0982. The van der Waals surface area contributed by atoms with Gasteiger partial charge in [-0.2, -0.15) is 0 Å². The van der Waals surface area contributed by atoms with Crippen LogP contribution >= 0.6 is 0 Å². The van der Waals surface area contributed by atoms with E-state index in [1.54, 1.807) is 14.2 Å². The summed E-state index contributed by atoms with van der Waals surface area (Å²) in [5, 5.41) is 3.59. The van der Waals surface area contributed by atoms with Crippen molar-refractivity contribution in [3.63, 3.8) is 0 Å². The first-order valence-electron chi connectivity index (χ1n) is 7.65. The van der Waals surface area contributed by atoms with Crippen molar-refractivity contribution in [3.8, 4) is 17.2 Å². The van der Waals surface area contributed by atoms with Crippen LogP contribution in [0.5, 0.6) is 17.2 Å². The van der Waals surface area contributed by atoms with Crippen molar-refractivity contribution in [1.29, 1.82) is 0 Å². The highest BCUT2D eigenvalue weighted by Crippen LogP contribution is 2.46. The van der Waals surface area contributed by atoms with E-state index in [2.05, 4.69) is 26.1 Å². The van der Waals surface area contributed by atoms with Gasteiger partial charge in [-0.05, 0) is 25.1 Å². The predicted octanol–water partition coefficient (Wildman–Crippen LogP) is 3.25. The van der Waals surface area contributed by atoms with Gasteiger partial charge in [0.1, 0.15) is 6.10 Å². The lowest BCUT2D eigenvalue weighted by atomic mass is 9.64. The lowest BCUT2D eigenvalue weighted by Gasteiger charge is -2.51. The van der Waals surface area contributed by atoms with Crippen LogP contribution in [0.2, 0.25) is 0 Å². The zero-order valence-electron chi connectivity index (χ0n) is 13.7. The molecule has 1 aliphatic carbocycles. The predicted molar refractivity (Wildman–Crippen MR) is 84.4 cm³/mol. The molecule has 1 N–H and O–H groups in total. The molecule has 21 heavy (non-hydrogen) atoms. The summed E-state index contributed by atoms with van der Waals surface area (Å²) in [6.45, 7) is 7.73. The summed E-state index contributed by atoms with van der Waals surface area (Å²) in [6, 6.07) is 6.21. The van der Waals surface area contributed by atoms with Gasteiger partial charge in [-0.25, -0.2) is 0 Å². The molecule has 0 radical (unpaired) electrons. The highest BCUT2D eigenvalue weighted by Gasteiger charge is 2.50. The Kier molecular flexibility index (Phi) is 4.99. The molecule has 4 nitrogen and oxygen atoms in total. The van der Waals surface area contributed by atoms with Crippen LogP contribution in [-0.4, -0.2) is 32.9 Å². The number of methoxy groups -OCH3 is 2. The van der Waals surface area contributed by atoms with Crippen LogP contribution in [-0.2, 0) is 0 Å². The third-order valence-corrected chi connectivity index (χ3v) is 4.46. The molecule has 2 unspecified atom stereocenters. The number of ether oxygens (including phenoxy) is 3. The Labute approximate surface area is 127 Å². The second-order valence-electron chi connectivity index (χ2n) is 6.16. The summed E-state index contributed by atoms with van der Waals surface area (Å²) >= 11 is 0. The molecule has 2 atom stereocenters. The van der Waals surface area contributed by atoms with Crippen LogP contribution in [0.4, 0.5) is 0 Å². The second kappa shape index (κ2) is 6.56. The van der Waals surface area contributed by atoms with Crippen molar-refractivity contribution in [1.82, 2.24) is 5.32 Å². The van der Waals surface area contributed by atoms with Gasteiger partial charge in [-0.15, -0.1) is 0 Å². The average Bonchev–Trinajstić information content (AvgIpc) is 2.49. The fraction of sp³-hybridized carbons (Fsp3) is 0.647. The largest absolute Gasteiger partial charge is 0.493 e. The number of rotatable bonds is 7. The first-order chi connectivity index (χ1) is 10.0. The van der Waals surface area contributed by atoms with E-state index in [0.717, 1.165) is 30.9 Å². The van der Waals surface area contributed by atoms with Gasteiger partial charge in [0.15, 0.2) is 11.5 Å². The SMILES string of the molecule is CCCNC1CC(Oc2c(OC)cccc2OC)C1(C)C. The molecule has 1 saturated carbocycles. The Hall–Kier alpha value is -1.42. The van der Waals surface area contributed by atoms with Gasteiger partial charge in [0, 0.05) is 17.9 Å². The van der Waals surface area contributed by atoms with E-state index in [1.807, 2.05) is 18.2 Å². The minimum Gasteiger partial charge on any atom is -0.493 e. The van der Waals surface area contributed by atoms with Crippen LogP contribution in [0.25, 0.3) is 0 Å². The summed E-state index contributed by atoms with van der Waals surface area (Å²) in [5.41, 5.74) is 0.0982. The second-order valence-corrected chi connectivity index (χ2v) is 6.16. The van der Waals surface area contributed by atoms with Crippen molar-refractivity contribution in [3.05, 3.63) is 18.2 Å². The van der Waals surface area contributed by atoms with Crippen LogP contribution in [0.3, 0.4) is 0 Å². The van der Waals surface area contributed by atoms with Gasteiger partial charge in [0.2, 0.25) is 5.75 Å². The maximum absolute atomic E-state index is 6.23. The molecule has 0 amide bonds. The Morgan fingerprint density at radius 1 is 1.19 bits per heavy atom. The molecule has 0 aromatic heterocycles. The molecule has 0 saturated heterocycles. The number of hydrogen-bond donors (Lipinski definition) is 1. The Morgan fingerprint density at radius 2 is 1.81 bits per heavy atom. The zero-order chi connectivity index (χ0) is 15.5. The zero-order valence-corrected chi connectivity index (χ0v) is 13.7. The monoisotopic (exact) mass is 293 g/mol. The Balaban J connectivity index is 2.10. The van der Waals surface area contributed by atoms with Gasteiger partial charge in [-0.1, -0.05) is 26.8 Å². The fourth-order valence-corrected chi connectivity index (χ4v) is 2.83. The van der Waals surface area contributed by atoms with Crippen LogP contribution in [0.15, 0.2) is 18.2 Å². The molecule has 1 aromatic rings. The van der Waals surface area contributed by atoms with E-state index >= 15 is 0 Å². The molecular formula is C17H27NO3. The summed E-state index contributed by atoms with van der Waals surface area (Å²) in [6.07, 6.45) is 2.32. The van der Waals surface area contributed by atoms with Gasteiger partial charge in [-0.3, -0.25) is 0 Å². The molecule has 4 heteroatoms. The Bertz CT molecular complexity index is 451. The lowest BCUT2D eigenvalue weighted by molar-refractivity contribution is -0.0565. The number of nitrogens with one attached hydrogen (secondary N) is 1. The van der Waals surface area contributed by atoms with Crippen LogP contribution < -0.4 is 19.5 Å². The third kappa shape index (κ3) is 3.10. The molecule has 0 aliphatic heterocycles. The van der Waals surface area contributed by atoms with Gasteiger partial charge in [0.25, 0.3) is 0 Å². The third-order valence-electron chi connectivity index (χ3n) is 4.46. The molecular weight excluding hydrogens is 266 g/mol. The molecule has 1 aromatic carbocycles. The molecule has 1 aliphatic rings. The normalized spacial score (nSPS) is 23.3. The van der Waals surface area contributed by atoms with E-state index in [1.165, 1.54) is 0 Å². The van der Waals surface area contributed by atoms with E-state index in [-0.39, 0.29) is 11.5 Å². The van der Waals surface area contributed by atoms with Crippen molar-refractivity contribution < 1.29 is 14.2 Å². The molecule has 0 bridgehead atoms. The number of hydrogen-bond acceptors (Lipinski definition) is 4. The summed E-state index contributed by atoms with van der Waals surface area (Å²) < 4.78 is 17.0. The quantitative estimate of drug-likeness (QED) is 0.837. The highest BCUT2D eigenvalue weighted by molar-refractivity contribution is 5.51. The summed E-state index contributed by atoms with van der Waals surface area (Å²) in [5.74, 6) is 2.14. The maximum atomic E-state index is 6.23. The molecule has 2 rings (SSSR count). The van der Waals surface area contributed by atoms with Crippen molar-refractivity contribution >= 4 is 0 Å². The summed E-state index contributed by atoms with van der Waals surface area (Å²) in [7, 11) is 3.30. The topological polar surface area (TPSA) is 39.7 Å². The van der Waals surface area contributed by atoms with Gasteiger partial charge < -0.3 is 19.5 Å². The lowest BCUT2D eigenvalue weighted by Crippen LogP contribution is -2.62. The minimum absolute atomic E-state index is 0.0982. The van der Waals surface area contributed by atoms with Crippen molar-refractivity contribution in [2.75, 3.05) is 20.8 Å². The number of benzene rings is 1. The first kappa shape index (κ1) is 16.0. The fourth-order valence-electron chi connectivity index (χ4n) is 2.83. The van der Waals surface area contributed by atoms with Gasteiger partial charge >= 0.3 is 0 Å². The van der Waals surface area contributed by atoms with E-state index in [4.69, 9.17) is 14.2 Å². The van der Waals surface area contributed by atoms with Crippen LogP contribution in [0, 0.1) is 5.41 Å². The van der Waals surface area contributed by atoms with E-state index < -0.39 is 0 Å². The number of para-hydroxylation sites is 1. The Morgan fingerprint density at radius 3 is 2.29 bits per heavy atom. The standard InChI is InChI=1S/C17H27NO3/c1-6-10-18-14-11-15(17(14,2)3)21-16-12(19-4)8-7-9-13(16)20-5/h7-9,14-15,18H,6,10-11H2,1-5H3. The van der Waals surface area contributed by atoms with Crippen LogP contribution in [0.1, 0.15) is 33.6 Å². The molecule has 1 fully saturated rings. The van der Waals surface area contributed by atoms with E-state index in [9.17, 15) is 0 Å².